The van der Waals surface area contributed by atoms with Crippen molar-refractivity contribution in [1.29, 1.82) is 0 Å². The van der Waals surface area contributed by atoms with E-state index in [1.165, 1.54) is 5.56 Å². The summed E-state index contributed by atoms with van der Waals surface area (Å²) in [6.07, 6.45) is 0. The lowest BCUT2D eigenvalue weighted by molar-refractivity contribution is 0.323. The van der Waals surface area contributed by atoms with Crippen LogP contribution in [0.5, 0.6) is 5.75 Å². The Morgan fingerprint density at radius 3 is 3.00 bits per heavy atom. The molecule has 3 heteroatoms. The fraction of sp³-hybridized carbons (Fsp3) is 0.538. The Kier molecular flexibility index (Phi) is 3.80. The molecule has 16 heavy (non-hydrogen) atoms. The highest BCUT2D eigenvalue weighted by atomic mass is 16.5. The quantitative estimate of drug-likeness (QED) is 0.757. The maximum atomic E-state index is 5.64. The van der Waals surface area contributed by atoms with Crippen molar-refractivity contribution in [2.45, 2.75) is 5.92 Å². The molecule has 0 radical (unpaired) electrons. The van der Waals surface area contributed by atoms with Crippen LogP contribution in [0.15, 0.2) is 24.3 Å². The molecule has 0 aromatic heterocycles. The first-order chi connectivity index (χ1) is 7.77. The van der Waals surface area contributed by atoms with Gasteiger partial charge in [-0.05, 0) is 20.2 Å². The van der Waals surface area contributed by atoms with E-state index in [0.29, 0.717) is 5.92 Å². The molecular weight excluding hydrogens is 200 g/mol. The fourth-order valence-corrected chi connectivity index (χ4v) is 1.98. The van der Waals surface area contributed by atoms with Gasteiger partial charge in [0.2, 0.25) is 0 Å². The van der Waals surface area contributed by atoms with Crippen molar-refractivity contribution in [3.05, 3.63) is 29.8 Å². The third kappa shape index (κ3) is 2.74. The molecule has 3 nitrogen and oxygen atoms in total. The Bertz CT molecular complexity index is 338. The number of fused-ring (bicyclic) bond motifs is 1. The van der Waals surface area contributed by atoms with Crippen molar-refractivity contribution in [3.8, 4) is 5.75 Å². The summed E-state index contributed by atoms with van der Waals surface area (Å²) >= 11 is 0. The van der Waals surface area contributed by atoms with E-state index in [-0.39, 0.29) is 0 Å². The van der Waals surface area contributed by atoms with Crippen molar-refractivity contribution >= 4 is 0 Å². The minimum absolute atomic E-state index is 0.512. The van der Waals surface area contributed by atoms with E-state index in [1.54, 1.807) is 0 Å². The molecule has 88 valence electrons. The van der Waals surface area contributed by atoms with Crippen molar-refractivity contribution in [1.82, 2.24) is 10.2 Å². The summed E-state index contributed by atoms with van der Waals surface area (Å²) < 4.78 is 5.64. The van der Waals surface area contributed by atoms with E-state index < -0.39 is 0 Å². The first kappa shape index (κ1) is 11.4. The first-order valence-electron chi connectivity index (χ1n) is 5.84. The van der Waals surface area contributed by atoms with Crippen molar-refractivity contribution < 1.29 is 4.74 Å². The molecule has 1 aromatic carbocycles. The van der Waals surface area contributed by atoms with Crippen molar-refractivity contribution in [2.75, 3.05) is 40.3 Å². The van der Waals surface area contributed by atoms with Gasteiger partial charge in [0.05, 0.1) is 6.61 Å². The van der Waals surface area contributed by atoms with Gasteiger partial charge in [0.1, 0.15) is 5.75 Å². The van der Waals surface area contributed by atoms with Gasteiger partial charge in [0.25, 0.3) is 0 Å². The van der Waals surface area contributed by atoms with Crippen LogP contribution in [-0.4, -0.2) is 45.2 Å². The Morgan fingerprint density at radius 1 is 1.38 bits per heavy atom. The number of ether oxygens (including phenoxy) is 1. The summed E-state index contributed by atoms with van der Waals surface area (Å²) in [5, 5.41) is 3.48. The summed E-state index contributed by atoms with van der Waals surface area (Å²) in [7, 11) is 4.19. The van der Waals surface area contributed by atoms with Crippen LogP contribution in [0.3, 0.4) is 0 Å². The molecule has 1 heterocycles. The second-order valence-corrected chi connectivity index (χ2v) is 4.55. The average Bonchev–Trinajstić information content (AvgIpc) is 2.68. The Morgan fingerprint density at radius 2 is 2.19 bits per heavy atom. The van der Waals surface area contributed by atoms with E-state index in [4.69, 9.17) is 4.74 Å². The molecule has 0 spiro atoms. The van der Waals surface area contributed by atoms with Crippen molar-refractivity contribution in [3.63, 3.8) is 0 Å². The van der Waals surface area contributed by atoms with Gasteiger partial charge in [0.15, 0.2) is 0 Å². The highest BCUT2D eigenvalue weighted by Gasteiger charge is 2.22. The van der Waals surface area contributed by atoms with Gasteiger partial charge in [-0.25, -0.2) is 0 Å². The molecular formula is C13H20N2O. The average molecular weight is 220 g/mol. The number of hydrogen-bond acceptors (Lipinski definition) is 3. The second-order valence-electron chi connectivity index (χ2n) is 4.55. The zero-order valence-corrected chi connectivity index (χ0v) is 10.1. The minimum atomic E-state index is 0.512. The number of hydrogen-bond donors (Lipinski definition) is 1. The molecule has 1 aliphatic heterocycles. The van der Waals surface area contributed by atoms with Gasteiger partial charge in [0, 0.05) is 31.1 Å². The molecule has 2 rings (SSSR count). The highest BCUT2D eigenvalue weighted by molar-refractivity contribution is 5.39. The van der Waals surface area contributed by atoms with E-state index in [2.05, 4.69) is 42.5 Å². The molecule has 0 bridgehead atoms. The molecule has 0 fully saturated rings. The predicted molar refractivity (Wildman–Crippen MR) is 66.1 cm³/mol. The number of nitrogens with zero attached hydrogens (tertiary/aromatic N) is 1. The van der Waals surface area contributed by atoms with Gasteiger partial charge in [-0.15, -0.1) is 0 Å². The molecule has 1 aliphatic rings. The Balaban J connectivity index is 1.80. The number of rotatable bonds is 5. The SMILES string of the molecule is CN(C)CCNCC1COc2ccccc21. The Hall–Kier alpha value is -1.06. The number of nitrogens with one attached hydrogen (secondary N) is 1. The molecule has 0 aliphatic carbocycles. The summed E-state index contributed by atoms with van der Waals surface area (Å²) in [6.45, 7) is 3.93. The maximum Gasteiger partial charge on any atom is 0.122 e. The lowest BCUT2D eigenvalue weighted by atomic mass is 10.0. The maximum absolute atomic E-state index is 5.64. The van der Waals surface area contributed by atoms with Crippen LogP contribution >= 0.6 is 0 Å². The third-order valence-electron chi connectivity index (χ3n) is 2.93. The predicted octanol–water partition coefficient (Wildman–Crippen LogP) is 1.31. The van der Waals surface area contributed by atoms with Gasteiger partial charge < -0.3 is 15.0 Å². The van der Waals surface area contributed by atoms with E-state index >= 15 is 0 Å². The normalized spacial score (nSPS) is 18.6. The number of likely N-dealkylation sites (N-methyl/N-ethyl adjacent to an activating group) is 1. The summed E-state index contributed by atoms with van der Waals surface area (Å²) in [4.78, 5) is 2.19. The molecule has 0 saturated heterocycles. The molecule has 0 amide bonds. The minimum Gasteiger partial charge on any atom is -0.493 e. The third-order valence-corrected chi connectivity index (χ3v) is 2.93. The van der Waals surface area contributed by atoms with Crippen LogP contribution in [0.2, 0.25) is 0 Å². The molecule has 0 saturated carbocycles. The zero-order chi connectivity index (χ0) is 11.4. The van der Waals surface area contributed by atoms with Gasteiger partial charge in [-0.1, -0.05) is 18.2 Å². The van der Waals surface area contributed by atoms with Crippen LogP contribution in [0.25, 0.3) is 0 Å². The summed E-state index contributed by atoms with van der Waals surface area (Å²) in [5.74, 6) is 1.57. The Labute approximate surface area is 97.4 Å². The van der Waals surface area contributed by atoms with Crippen LogP contribution in [0.4, 0.5) is 0 Å². The van der Waals surface area contributed by atoms with Crippen LogP contribution in [-0.2, 0) is 0 Å². The van der Waals surface area contributed by atoms with E-state index in [1.807, 2.05) is 6.07 Å². The fourth-order valence-electron chi connectivity index (χ4n) is 1.98. The highest BCUT2D eigenvalue weighted by Crippen LogP contribution is 2.32. The lowest BCUT2D eigenvalue weighted by Crippen LogP contribution is -2.30. The number of para-hydroxylation sites is 1. The van der Waals surface area contributed by atoms with Crippen LogP contribution in [0, 0.1) is 0 Å². The zero-order valence-electron chi connectivity index (χ0n) is 10.1. The van der Waals surface area contributed by atoms with Crippen LogP contribution in [0.1, 0.15) is 11.5 Å². The topological polar surface area (TPSA) is 24.5 Å². The van der Waals surface area contributed by atoms with Gasteiger partial charge >= 0.3 is 0 Å². The second kappa shape index (κ2) is 5.32. The van der Waals surface area contributed by atoms with Gasteiger partial charge in [-0.3, -0.25) is 0 Å². The van der Waals surface area contributed by atoms with E-state index in [9.17, 15) is 0 Å². The summed E-state index contributed by atoms with van der Waals surface area (Å²) in [6, 6.07) is 8.33. The monoisotopic (exact) mass is 220 g/mol. The lowest BCUT2D eigenvalue weighted by Gasteiger charge is -2.13. The smallest absolute Gasteiger partial charge is 0.122 e. The van der Waals surface area contributed by atoms with Gasteiger partial charge in [-0.2, -0.15) is 0 Å². The molecule has 1 atom stereocenters. The molecule has 1 aromatic rings. The molecule has 1 N–H and O–H groups in total. The number of benzene rings is 1. The molecule has 1 unspecified atom stereocenters. The first-order valence-corrected chi connectivity index (χ1v) is 5.84. The summed E-state index contributed by atoms with van der Waals surface area (Å²) in [5.41, 5.74) is 1.35. The largest absolute Gasteiger partial charge is 0.493 e. The standard InChI is InChI=1S/C13H20N2O/c1-15(2)8-7-14-9-11-10-16-13-6-4-3-5-12(11)13/h3-6,11,14H,7-10H2,1-2H3. The van der Waals surface area contributed by atoms with E-state index in [0.717, 1.165) is 32.0 Å². The van der Waals surface area contributed by atoms with Crippen LogP contribution < -0.4 is 10.1 Å². The van der Waals surface area contributed by atoms with Crippen molar-refractivity contribution in [2.24, 2.45) is 0 Å².